The van der Waals surface area contributed by atoms with E-state index < -0.39 is 13.4 Å². The van der Waals surface area contributed by atoms with Crippen molar-refractivity contribution in [3.8, 4) is 5.75 Å². The van der Waals surface area contributed by atoms with Crippen LogP contribution in [-0.4, -0.2) is 18.3 Å². The number of aromatic hydroxyl groups is 1. The molecule has 0 saturated carbocycles. The number of rotatable bonds is 8. The highest BCUT2D eigenvalue weighted by Crippen LogP contribution is 2.60. The van der Waals surface area contributed by atoms with Crippen molar-refractivity contribution in [2.24, 2.45) is 0 Å². The molecule has 0 heterocycles. The summed E-state index contributed by atoms with van der Waals surface area (Å²) in [5.41, 5.74) is 1.53. The summed E-state index contributed by atoms with van der Waals surface area (Å²) >= 11 is 0. The van der Waals surface area contributed by atoms with Gasteiger partial charge in [0.1, 0.15) is 5.75 Å². The molecule has 0 bridgehead atoms. The van der Waals surface area contributed by atoms with Crippen molar-refractivity contribution >= 4 is 13.3 Å². The summed E-state index contributed by atoms with van der Waals surface area (Å²) in [5, 5.41) is 12.6. The first-order chi connectivity index (χ1) is 11.1. The third kappa shape index (κ3) is 4.58. The van der Waals surface area contributed by atoms with Crippen molar-refractivity contribution in [3.63, 3.8) is 0 Å². The summed E-state index contributed by atoms with van der Waals surface area (Å²) < 4.78 is 24.2. The predicted octanol–water partition coefficient (Wildman–Crippen LogP) is 4.77. The molecule has 2 aromatic carbocycles. The van der Waals surface area contributed by atoms with Crippen LogP contribution in [0.5, 0.6) is 5.75 Å². The van der Waals surface area contributed by atoms with Gasteiger partial charge in [0.2, 0.25) is 0 Å². The van der Waals surface area contributed by atoms with Crippen LogP contribution in [0.15, 0.2) is 54.6 Å². The largest absolute Gasteiger partial charge is 0.508 e. The second kappa shape index (κ2) is 8.16. The van der Waals surface area contributed by atoms with Crippen LogP contribution in [0.4, 0.5) is 5.69 Å². The minimum absolute atomic E-state index is 0.171. The van der Waals surface area contributed by atoms with Gasteiger partial charge in [-0.25, -0.2) is 0 Å². The maximum absolute atomic E-state index is 13.2. The molecule has 1 atom stereocenters. The smallest absolute Gasteiger partial charge is 0.357 e. The summed E-state index contributed by atoms with van der Waals surface area (Å²) in [6.07, 6.45) is 0. The van der Waals surface area contributed by atoms with Crippen LogP contribution >= 0.6 is 7.60 Å². The molecule has 23 heavy (non-hydrogen) atoms. The number of nitrogens with one attached hydrogen (secondary N) is 1. The van der Waals surface area contributed by atoms with Crippen LogP contribution in [0.2, 0.25) is 0 Å². The summed E-state index contributed by atoms with van der Waals surface area (Å²) in [7, 11) is -3.40. The molecule has 0 aromatic heterocycles. The molecule has 0 aliphatic carbocycles. The van der Waals surface area contributed by atoms with Crippen molar-refractivity contribution in [1.82, 2.24) is 0 Å². The van der Waals surface area contributed by atoms with Crippen LogP contribution in [0.25, 0.3) is 0 Å². The number of benzene rings is 2. The Kier molecular flexibility index (Phi) is 6.22. The molecule has 0 amide bonds. The minimum atomic E-state index is -3.40. The van der Waals surface area contributed by atoms with Gasteiger partial charge in [0.05, 0.1) is 13.2 Å². The van der Waals surface area contributed by atoms with Gasteiger partial charge in [0.25, 0.3) is 0 Å². The van der Waals surface area contributed by atoms with Crippen LogP contribution in [0, 0.1) is 0 Å². The minimum Gasteiger partial charge on any atom is -0.508 e. The molecule has 2 rings (SSSR count). The first-order valence-corrected chi connectivity index (χ1v) is 9.19. The van der Waals surface area contributed by atoms with Gasteiger partial charge >= 0.3 is 7.60 Å². The van der Waals surface area contributed by atoms with Gasteiger partial charge in [-0.2, -0.15) is 0 Å². The fourth-order valence-corrected chi connectivity index (χ4v) is 4.18. The molecule has 0 aliphatic heterocycles. The number of phenols is 1. The zero-order valence-electron chi connectivity index (χ0n) is 13.3. The zero-order chi connectivity index (χ0) is 16.7. The van der Waals surface area contributed by atoms with Crippen molar-refractivity contribution in [3.05, 3.63) is 60.2 Å². The zero-order valence-corrected chi connectivity index (χ0v) is 14.2. The SMILES string of the molecule is CCOP(=O)(OCC)C(Nc1ccc(O)cc1)c1ccccc1. The highest BCUT2D eigenvalue weighted by Gasteiger charge is 2.36. The molecule has 5 nitrogen and oxygen atoms in total. The van der Waals surface area contributed by atoms with Crippen molar-refractivity contribution in [1.29, 1.82) is 0 Å². The molecule has 0 radical (unpaired) electrons. The summed E-state index contributed by atoms with van der Waals surface area (Å²) in [5.74, 6) is -0.460. The quantitative estimate of drug-likeness (QED) is 0.537. The Morgan fingerprint density at radius 1 is 1.00 bits per heavy atom. The third-order valence-electron chi connectivity index (χ3n) is 3.22. The van der Waals surface area contributed by atoms with Gasteiger partial charge in [-0.3, -0.25) is 4.57 Å². The molecule has 0 fully saturated rings. The Morgan fingerprint density at radius 2 is 1.57 bits per heavy atom. The van der Waals surface area contributed by atoms with E-state index in [0.29, 0.717) is 0 Å². The standard InChI is InChI=1S/C17H22NO4P/c1-3-21-23(20,22-4-2)17(14-8-6-5-7-9-14)18-15-10-12-16(19)13-11-15/h5-13,17-19H,3-4H2,1-2H3. The average Bonchev–Trinajstić information content (AvgIpc) is 2.55. The van der Waals surface area contributed by atoms with Gasteiger partial charge in [0.15, 0.2) is 5.78 Å². The van der Waals surface area contributed by atoms with Crippen molar-refractivity contribution < 1.29 is 18.7 Å². The molecule has 6 heteroatoms. The predicted molar refractivity (Wildman–Crippen MR) is 91.8 cm³/mol. The number of hydrogen-bond acceptors (Lipinski definition) is 5. The van der Waals surface area contributed by atoms with E-state index in [1.54, 1.807) is 38.1 Å². The second-order valence-electron chi connectivity index (χ2n) is 4.88. The van der Waals surface area contributed by atoms with Gasteiger partial charge in [-0.05, 0) is 43.7 Å². The molecule has 2 N–H and O–H groups in total. The average molecular weight is 335 g/mol. The van der Waals surface area contributed by atoms with E-state index in [2.05, 4.69) is 5.32 Å². The lowest BCUT2D eigenvalue weighted by atomic mass is 10.2. The lowest BCUT2D eigenvalue weighted by Crippen LogP contribution is -2.15. The van der Waals surface area contributed by atoms with Gasteiger partial charge in [0, 0.05) is 5.69 Å². The normalized spacial score (nSPS) is 12.8. The number of anilines is 1. The van der Waals surface area contributed by atoms with Crippen molar-refractivity contribution in [2.75, 3.05) is 18.5 Å². The van der Waals surface area contributed by atoms with E-state index in [9.17, 15) is 9.67 Å². The summed E-state index contributed by atoms with van der Waals surface area (Å²) in [4.78, 5) is 0. The first kappa shape index (κ1) is 17.5. The van der Waals surface area contributed by atoms with E-state index in [1.807, 2.05) is 30.3 Å². The van der Waals surface area contributed by atoms with E-state index in [-0.39, 0.29) is 19.0 Å². The Bertz CT molecular complexity index is 635. The topological polar surface area (TPSA) is 67.8 Å². The van der Waals surface area contributed by atoms with Gasteiger partial charge in [-0.15, -0.1) is 0 Å². The lowest BCUT2D eigenvalue weighted by Gasteiger charge is -2.28. The van der Waals surface area contributed by atoms with Gasteiger partial charge in [-0.1, -0.05) is 30.3 Å². The molecular weight excluding hydrogens is 313 g/mol. The summed E-state index contributed by atoms with van der Waals surface area (Å²) in [6.45, 7) is 4.15. The van der Waals surface area contributed by atoms with E-state index in [0.717, 1.165) is 11.3 Å². The monoisotopic (exact) mass is 335 g/mol. The third-order valence-corrected chi connectivity index (χ3v) is 5.52. The maximum atomic E-state index is 13.2. The van der Waals surface area contributed by atoms with Crippen LogP contribution in [0.3, 0.4) is 0 Å². The maximum Gasteiger partial charge on any atom is 0.357 e. The molecule has 0 spiro atoms. The molecule has 0 saturated heterocycles. The second-order valence-corrected chi connectivity index (χ2v) is 6.99. The Balaban J connectivity index is 2.38. The van der Waals surface area contributed by atoms with E-state index in [4.69, 9.17) is 9.05 Å². The summed E-state index contributed by atoms with van der Waals surface area (Å²) in [6, 6.07) is 16.0. The van der Waals surface area contributed by atoms with Gasteiger partial charge < -0.3 is 19.5 Å². The first-order valence-electron chi connectivity index (χ1n) is 7.58. The van der Waals surface area contributed by atoms with Crippen molar-refractivity contribution in [2.45, 2.75) is 19.6 Å². The van der Waals surface area contributed by atoms with E-state index >= 15 is 0 Å². The number of phenolic OH excluding ortho intramolecular Hbond substituents is 1. The molecular formula is C17H22NO4P. The van der Waals surface area contributed by atoms with Crippen LogP contribution in [-0.2, 0) is 13.6 Å². The highest BCUT2D eigenvalue weighted by atomic mass is 31.2. The molecule has 0 aliphatic rings. The fourth-order valence-electron chi connectivity index (χ4n) is 2.24. The molecule has 124 valence electrons. The molecule has 1 unspecified atom stereocenters. The fraction of sp³-hybridized carbons (Fsp3) is 0.294. The Labute approximate surface area is 136 Å². The Hall–Kier alpha value is -1.81. The highest BCUT2D eigenvalue weighted by molar-refractivity contribution is 7.54. The van der Waals surface area contributed by atoms with Crippen LogP contribution < -0.4 is 5.32 Å². The van der Waals surface area contributed by atoms with Crippen LogP contribution in [0.1, 0.15) is 25.2 Å². The van der Waals surface area contributed by atoms with E-state index in [1.165, 1.54) is 0 Å². The number of hydrogen-bond donors (Lipinski definition) is 2. The molecule has 2 aromatic rings. The Morgan fingerprint density at radius 3 is 2.09 bits per heavy atom. The lowest BCUT2D eigenvalue weighted by molar-refractivity contribution is 0.214.